The molecule has 2 aromatic heterocycles. The van der Waals surface area contributed by atoms with Gasteiger partial charge in [0.2, 0.25) is 5.82 Å². The van der Waals surface area contributed by atoms with Crippen LogP contribution in [0.4, 0.5) is 5.69 Å². The molecule has 1 aromatic carbocycles. The molecule has 142 valence electrons. The minimum atomic E-state index is 0.162. The molecule has 1 aliphatic rings. The summed E-state index contributed by atoms with van der Waals surface area (Å²) >= 11 is 1.78. The fourth-order valence-corrected chi connectivity index (χ4v) is 4.58. The van der Waals surface area contributed by atoms with Gasteiger partial charge in [0.1, 0.15) is 0 Å². The van der Waals surface area contributed by atoms with E-state index in [0.29, 0.717) is 13.2 Å². The molecule has 1 atom stereocenters. The highest BCUT2D eigenvalue weighted by Gasteiger charge is 2.34. The fourth-order valence-electron chi connectivity index (χ4n) is 3.70. The van der Waals surface area contributed by atoms with Gasteiger partial charge in [-0.15, -0.1) is 16.4 Å². The van der Waals surface area contributed by atoms with E-state index >= 15 is 0 Å². The van der Waals surface area contributed by atoms with Crippen LogP contribution in [0.3, 0.4) is 0 Å². The van der Waals surface area contributed by atoms with Crippen molar-refractivity contribution in [1.82, 2.24) is 20.2 Å². The second-order valence-electron chi connectivity index (χ2n) is 6.68. The van der Waals surface area contributed by atoms with Crippen molar-refractivity contribution in [2.75, 3.05) is 44.8 Å². The number of piperazine rings is 1. The van der Waals surface area contributed by atoms with E-state index in [2.05, 4.69) is 68.3 Å². The fraction of sp³-hybridized carbons (Fsp3) is 0.421. The van der Waals surface area contributed by atoms with Crippen molar-refractivity contribution in [3.8, 4) is 0 Å². The summed E-state index contributed by atoms with van der Waals surface area (Å²) in [6.45, 7) is 5.43. The van der Waals surface area contributed by atoms with Crippen molar-refractivity contribution in [2.24, 2.45) is 0 Å². The molecule has 7 nitrogen and oxygen atoms in total. The van der Waals surface area contributed by atoms with Crippen LogP contribution in [0.5, 0.6) is 0 Å². The lowest BCUT2D eigenvalue weighted by molar-refractivity contribution is -0.926. The number of tetrazole rings is 1. The molecular formula is C19H25N6OS+. The molecule has 3 heterocycles. The zero-order chi connectivity index (χ0) is 18.5. The lowest BCUT2D eigenvalue weighted by Gasteiger charge is -2.36. The highest BCUT2D eigenvalue weighted by molar-refractivity contribution is 7.10. The van der Waals surface area contributed by atoms with E-state index in [1.807, 2.05) is 4.68 Å². The van der Waals surface area contributed by atoms with Gasteiger partial charge in [0, 0.05) is 12.8 Å². The third kappa shape index (κ3) is 4.02. The third-order valence-corrected chi connectivity index (χ3v) is 6.03. The van der Waals surface area contributed by atoms with Crippen LogP contribution in [0.2, 0.25) is 0 Å². The average Bonchev–Trinajstić information content (AvgIpc) is 3.41. The minimum Gasteiger partial charge on any atom is -0.383 e. The molecule has 0 aliphatic carbocycles. The van der Waals surface area contributed by atoms with Crippen LogP contribution in [-0.2, 0) is 11.3 Å². The minimum absolute atomic E-state index is 0.162. The van der Waals surface area contributed by atoms with Gasteiger partial charge in [-0.1, -0.05) is 24.3 Å². The molecular weight excluding hydrogens is 360 g/mol. The Hall–Kier alpha value is -2.29. The Balaban J connectivity index is 1.54. The summed E-state index contributed by atoms with van der Waals surface area (Å²) in [4.78, 5) is 5.29. The standard InChI is InChI=1S/C19H24N6OS/c1-26-14-13-25-19(20-21-22-25)18(17-8-5-15-27-17)24-11-9-23(10-12-24)16-6-3-2-4-7-16/h2-8,15,18H,9-14H2,1H3/p+1/t18-/m0/s1. The number of methoxy groups -OCH3 is 1. The van der Waals surface area contributed by atoms with Gasteiger partial charge in [0.05, 0.1) is 44.2 Å². The molecule has 1 N–H and O–H groups in total. The number of hydrogen-bond donors (Lipinski definition) is 1. The van der Waals surface area contributed by atoms with Crippen LogP contribution in [0.25, 0.3) is 0 Å². The van der Waals surface area contributed by atoms with Crippen molar-refractivity contribution in [3.05, 3.63) is 58.5 Å². The third-order valence-electron chi connectivity index (χ3n) is 5.09. The number of aromatic nitrogens is 4. The van der Waals surface area contributed by atoms with Crippen molar-refractivity contribution in [1.29, 1.82) is 0 Å². The first-order valence-electron chi connectivity index (χ1n) is 9.30. The van der Waals surface area contributed by atoms with Gasteiger partial charge >= 0.3 is 0 Å². The van der Waals surface area contributed by atoms with Crippen LogP contribution in [0.1, 0.15) is 16.7 Å². The molecule has 1 aliphatic heterocycles. The maximum absolute atomic E-state index is 5.22. The molecule has 0 unspecified atom stereocenters. The Morgan fingerprint density at radius 3 is 2.67 bits per heavy atom. The number of para-hydroxylation sites is 1. The largest absolute Gasteiger partial charge is 0.383 e. The number of ether oxygens (including phenoxy) is 1. The number of hydrogen-bond acceptors (Lipinski definition) is 6. The van der Waals surface area contributed by atoms with Gasteiger partial charge in [-0.2, -0.15) is 0 Å². The van der Waals surface area contributed by atoms with Crippen molar-refractivity contribution < 1.29 is 9.64 Å². The molecule has 0 bridgehead atoms. The van der Waals surface area contributed by atoms with Crippen LogP contribution >= 0.6 is 11.3 Å². The van der Waals surface area contributed by atoms with Crippen molar-refractivity contribution >= 4 is 17.0 Å². The Morgan fingerprint density at radius 1 is 1.15 bits per heavy atom. The molecule has 8 heteroatoms. The number of quaternary nitrogens is 1. The second kappa shape index (κ2) is 8.60. The zero-order valence-corrected chi connectivity index (χ0v) is 16.3. The van der Waals surface area contributed by atoms with Crippen molar-refractivity contribution in [3.63, 3.8) is 0 Å². The highest BCUT2D eigenvalue weighted by Crippen LogP contribution is 2.22. The predicted molar refractivity (Wildman–Crippen MR) is 105 cm³/mol. The van der Waals surface area contributed by atoms with E-state index in [9.17, 15) is 0 Å². The average molecular weight is 386 g/mol. The first-order chi connectivity index (χ1) is 13.4. The molecule has 0 spiro atoms. The van der Waals surface area contributed by atoms with Gasteiger partial charge in [-0.25, -0.2) is 4.68 Å². The van der Waals surface area contributed by atoms with E-state index in [-0.39, 0.29) is 6.04 Å². The van der Waals surface area contributed by atoms with E-state index < -0.39 is 0 Å². The molecule has 1 fully saturated rings. The monoisotopic (exact) mass is 385 g/mol. The summed E-state index contributed by atoms with van der Waals surface area (Å²) in [5, 5.41) is 14.7. The predicted octanol–water partition coefficient (Wildman–Crippen LogP) is 0.876. The maximum Gasteiger partial charge on any atom is 0.215 e. The quantitative estimate of drug-likeness (QED) is 0.654. The number of thiophene rings is 1. The lowest BCUT2D eigenvalue weighted by Crippen LogP contribution is -3.15. The Kier molecular flexibility index (Phi) is 5.76. The summed E-state index contributed by atoms with van der Waals surface area (Å²) in [6.07, 6.45) is 0. The SMILES string of the molecule is COCCn1nnnc1[C@H](c1cccs1)[NH+]1CCN(c2ccccc2)CC1. The Bertz CT molecular complexity index is 814. The summed E-state index contributed by atoms with van der Waals surface area (Å²) in [6, 6.07) is 15.1. The molecule has 0 radical (unpaired) electrons. The maximum atomic E-state index is 5.22. The summed E-state index contributed by atoms with van der Waals surface area (Å²) in [7, 11) is 1.70. The normalized spacial score (nSPS) is 16.6. The van der Waals surface area contributed by atoms with Crippen LogP contribution < -0.4 is 9.80 Å². The smallest absolute Gasteiger partial charge is 0.215 e. The summed E-state index contributed by atoms with van der Waals surface area (Å²) in [5.41, 5.74) is 1.30. The van der Waals surface area contributed by atoms with Crippen LogP contribution in [0, 0.1) is 0 Å². The molecule has 27 heavy (non-hydrogen) atoms. The summed E-state index contributed by atoms with van der Waals surface area (Å²) < 4.78 is 7.12. The number of nitrogens with zero attached hydrogens (tertiary/aromatic N) is 5. The molecule has 4 rings (SSSR count). The van der Waals surface area contributed by atoms with Gasteiger partial charge < -0.3 is 14.5 Å². The van der Waals surface area contributed by atoms with E-state index in [0.717, 1.165) is 32.0 Å². The van der Waals surface area contributed by atoms with Gasteiger partial charge in [0.25, 0.3) is 0 Å². The molecule has 1 saturated heterocycles. The first-order valence-corrected chi connectivity index (χ1v) is 10.2. The van der Waals surface area contributed by atoms with E-state index in [1.165, 1.54) is 15.5 Å². The number of anilines is 1. The highest BCUT2D eigenvalue weighted by atomic mass is 32.1. The molecule has 0 saturated carbocycles. The van der Waals surface area contributed by atoms with Crippen LogP contribution in [-0.4, -0.2) is 60.1 Å². The van der Waals surface area contributed by atoms with Crippen molar-refractivity contribution in [2.45, 2.75) is 12.6 Å². The number of rotatable bonds is 7. The zero-order valence-electron chi connectivity index (χ0n) is 15.5. The van der Waals surface area contributed by atoms with E-state index in [1.54, 1.807) is 18.4 Å². The first kappa shape index (κ1) is 18.1. The number of benzene rings is 1. The number of nitrogens with one attached hydrogen (secondary N) is 1. The Morgan fingerprint density at radius 2 is 1.96 bits per heavy atom. The van der Waals surface area contributed by atoms with Gasteiger partial charge in [0.15, 0.2) is 6.04 Å². The van der Waals surface area contributed by atoms with Crippen LogP contribution in [0.15, 0.2) is 47.8 Å². The lowest BCUT2D eigenvalue weighted by atomic mass is 10.1. The molecule has 0 amide bonds. The molecule has 3 aromatic rings. The summed E-state index contributed by atoms with van der Waals surface area (Å²) in [5.74, 6) is 0.928. The topological polar surface area (TPSA) is 60.5 Å². The van der Waals surface area contributed by atoms with E-state index in [4.69, 9.17) is 4.74 Å². The second-order valence-corrected chi connectivity index (χ2v) is 7.66. The van der Waals surface area contributed by atoms with Gasteiger partial charge in [-0.3, -0.25) is 0 Å². The Labute approximate surface area is 163 Å². The van der Waals surface area contributed by atoms with Gasteiger partial charge in [-0.05, 0) is 34.0 Å².